The summed E-state index contributed by atoms with van der Waals surface area (Å²) >= 11 is 0. The predicted octanol–water partition coefficient (Wildman–Crippen LogP) is 7.32. The number of hydrogen-bond donors (Lipinski definition) is 2. The maximum absolute atomic E-state index is 13.3. The van der Waals surface area contributed by atoms with E-state index in [1.807, 2.05) is 0 Å². The minimum Gasteiger partial charge on any atom is -0.504 e. The summed E-state index contributed by atoms with van der Waals surface area (Å²) in [5.74, 6) is -0.565. The average molecular weight is 672 g/mol. The molecule has 2 amide bonds. The summed E-state index contributed by atoms with van der Waals surface area (Å²) in [7, 11) is -0.266. The molecule has 8 nitrogen and oxygen atoms in total. The third-order valence-corrected chi connectivity index (χ3v) is 12.6. The summed E-state index contributed by atoms with van der Waals surface area (Å²) in [5.41, 5.74) is -0.633. The van der Waals surface area contributed by atoms with Crippen LogP contribution in [0.15, 0.2) is 109 Å². The molecule has 4 aromatic rings. The maximum atomic E-state index is 13.3. The van der Waals surface area contributed by atoms with Crippen LogP contribution < -0.4 is 20.7 Å². The van der Waals surface area contributed by atoms with Crippen LogP contribution in [-0.4, -0.2) is 70.6 Å². The van der Waals surface area contributed by atoms with Crippen molar-refractivity contribution in [2.75, 3.05) is 32.8 Å². The molecular weight excluding hydrogens is 623 g/mol. The Kier molecular flexibility index (Phi) is 12.9. The van der Waals surface area contributed by atoms with E-state index in [-0.39, 0.29) is 30.3 Å². The lowest BCUT2D eigenvalue weighted by molar-refractivity contribution is 0.0283. The fourth-order valence-corrected chi connectivity index (χ4v) is 10.0. The second kappa shape index (κ2) is 17.0. The van der Waals surface area contributed by atoms with Gasteiger partial charge in [-0.1, -0.05) is 61.0 Å². The number of phenolic OH excluding ortho intramolecular Hbond substituents is 2. The zero-order chi connectivity index (χ0) is 34.6. The minimum absolute atomic E-state index is 0.115. The predicted molar refractivity (Wildman–Crippen MR) is 195 cm³/mol. The van der Waals surface area contributed by atoms with E-state index >= 15 is 0 Å². The molecule has 0 aliphatic heterocycles. The molecule has 0 aliphatic carbocycles. The van der Waals surface area contributed by atoms with Crippen molar-refractivity contribution in [3.8, 4) is 17.2 Å². The molecule has 0 saturated carbocycles. The van der Waals surface area contributed by atoms with Crippen LogP contribution in [0.25, 0.3) is 0 Å². The summed E-state index contributed by atoms with van der Waals surface area (Å²) in [6.45, 7) is 6.34. The van der Waals surface area contributed by atoms with Crippen molar-refractivity contribution < 1.29 is 29.3 Å². The minimum atomic E-state index is -1.90. The number of ether oxygens (including phenoxy) is 2. The highest BCUT2D eigenvalue weighted by atomic mass is 31.2. The molecule has 0 aromatic heterocycles. The molecule has 2 N–H and O–H groups in total. The first kappa shape index (κ1) is 36.3. The normalized spacial score (nSPS) is 11.5. The first-order valence-electron chi connectivity index (χ1n) is 16.5. The van der Waals surface area contributed by atoms with Crippen LogP contribution in [0, 0.1) is 0 Å². The molecule has 0 aliphatic rings. The highest BCUT2D eigenvalue weighted by Crippen LogP contribution is 2.56. The number of benzene rings is 4. The Morgan fingerprint density at radius 1 is 0.646 bits per heavy atom. The molecule has 0 bridgehead atoms. The first-order valence-corrected chi connectivity index (χ1v) is 18.4. The number of aromatic hydroxyl groups is 2. The van der Waals surface area contributed by atoms with E-state index in [2.05, 4.69) is 91.0 Å². The Hall–Kier alpha value is -4.55. The fourth-order valence-electron chi connectivity index (χ4n) is 5.62. The number of carbonyl (C=O) groups excluding carboxylic acids is 2. The molecule has 4 rings (SSSR count). The van der Waals surface area contributed by atoms with Gasteiger partial charge in [0.2, 0.25) is 0 Å². The van der Waals surface area contributed by atoms with Crippen LogP contribution >= 0.6 is 7.26 Å². The van der Waals surface area contributed by atoms with Gasteiger partial charge in [0.25, 0.3) is 0 Å². The standard InChI is InChI=1S/C39H47N2O6P/c1-39(2,3)47-37(44)40(4)27-28-41(38(45)46-31-24-25-35(42)36(43)30-31)26-16-5-6-17-29-48(32-18-10-7-11-19-32,33-20-12-8-13-21-33)34-22-14-9-15-23-34/h7-15,18-25,30H,5-6,16-17,26-29H2,1-4H3,(H-,42,43)/p+1. The van der Waals surface area contributed by atoms with Gasteiger partial charge in [-0.3, -0.25) is 0 Å². The summed E-state index contributed by atoms with van der Waals surface area (Å²) in [6.07, 6.45) is 3.62. The van der Waals surface area contributed by atoms with E-state index in [9.17, 15) is 19.8 Å². The largest absolute Gasteiger partial charge is 0.504 e. The smallest absolute Gasteiger partial charge is 0.415 e. The van der Waals surface area contributed by atoms with E-state index < -0.39 is 25.1 Å². The van der Waals surface area contributed by atoms with Gasteiger partial charge in [-0.25, -0.2) is 9.59 Å². The molecule has 0 atom stereocenters. The molecule has 0 saturated heterocycles. The Balaban J connectivity index is 1.43. The van der Waals surface area contributed by atoms with Gasteiger partial charge >= 0.3 is 12.2 Å². The van der Waals surface area contributed by atoms with Crippen LogP contribution in [0.5, 0.6) is 17.2 Å². The summed E-state index contributed by atoms with van der Waals surface area (Å²) in [5, 5.41) is 23.6. The number of nitrogens with zero attached hydrogens (tertiary/aromatic N) is 2. The molecule has 254 valence electrons. The van der Waals surface area contributed by atoms with Crippen LogP contribution in [-0.2, 0) is 4.74 Å². The van der Waals surface area contributed by atoms with E-state index in [4.69, 9.17) is 9.47 Å². The van der Waals surface area contributed by atoms with Gasteiger partial charge in [0.15, 0.2) is 11.5 Å². The van der Waals surface area contributed by atoms with Crippen molar-refractivity contribution in [3.05, 3.63) is 109 Å². The van der Waals surface area contributed by atoms with Crippen LogP contribution in [0.2, 0.25) is 0 Å². The van der Waals surface area contributed by atoms with Gasteiger partial charge < -0.3 is 29.5 Å². The Morgan fingerprint density at radius 2 is 1.17 bits per heavy atom. The highest BCUT2D eigenvalue weighted by Gasteiger charge is 2.44. The number of carbonyl (C=O) groups is 2. The first-order chi connectivity index (χ1) is 23.0. The van der Waals surface area contributed by atoms with Crippen molar-refractivity contribution >= 4 is 35.4 Å². The SMILES string of the molecule is CN(CCN(CCCCCC[P+](c1ccccc1)(c1ccccc1)c1ccccc1)C(=O)Oc1ccc(O)c(O)c1)C(=O)OC(C)(C)C. The third-order valence-electron chi connectivity index (χ3n) is 8.08. The number of rotatable bonds is 14. The topological polar surface area (TPSA) is 99.5 Å². The van der Waals surface area contributed by atoms with Gasteiger partial charge in [0.1, 0.15) is 34.5 Å². The van der Waals surface area contributed by atoms with Gasteiger partial charge in [-0.2, -0.15) is 0 Å². The molecule has 0 spiro atoms. The van der Waals surface area contributed by atoms with Crippen molar-refractivity contribution in [1.82, 2.24) is 9.80 Å². The zero-order valence-electron chi connectivity index (χ0n) is 28.4. The molecule has 0 fully saturated rings. The van der Waals surface area contributed by atoms with Crippen molar-refractivity contribution in [2.45, 2.75) is 52.1 Å². The second-order valence-electron chi connectivity index (χ2n) is 12.9. The van der Waals surface area contributed by atoms with Crippen molar-refractivity contribution in [3.63, 3.8) is 0 Å². The fraction of sp³-hybridized carbons (Fsp3) is 0.333. The molecule has 0 unspecified atom stereocenters. The highest BCUT2D eigenvalue weighted by molar-refractivity contribution is 7.95. The maximum Gasteiger partial charge on any atom is 0.415 e. The van der Waals surface area contributed by atoms with Gasteiger partial charge in [-0.15, -0.1) is 0 Å². The van der Waals surface area contributed by atoms with Crippen LogP contribution in [0.3, 0.4) is 0 Å². The lowest BCUT2D eigenvalue weighted by Gasteiger charge is -2.28. The molecule has 4 aromatic carbocycles. The monoisotopic (exact) mass is 671 g/mol. The zero-order valence-corrected chi connectivity index (χ0v) is 29.3. The van der Waals surface area contributed by atoms with Crippen molar-refractivity contribution in [2.24, 2.45) is 0 Å². The Bertz CT molecular complexity index is 1500. The lowest BCUT2D eigenvalue weighted by Crippen LogP contribution is -2.42. The van der Waals surface area contributed by atoms with Crippen LogP contribution in [0.1, 0.15) is 46.5 Å². The third kappa shape index (κ3) is 9.98. The second-order valence-corrected chi connectivity index (χ2v) is 16.5. The molecule has 48 heavy (non-hydrogen) atoms. The molecular formula is C39H48N2O6P+. The van der Waals surface area contributed by atoms with E-state index in [1.165, 1.54) is 39.0 Å². The van der Waals surface area contributed by atoms with E-state index in [0.29, 0.717) is 6.54 Å². The van der Waals surface area contributed by atoms with E-state index in [1.54, 1.807) is 32.7 Å². The van der Waals surface area contributed by atoms with Gasteiger partial charge in [0.05, 0.1) is 6.16 Å². The molecule has 0 heterocycles. The quantitative estimate of drug-likeness (QED) is 0.0828. The van der Waals surface area contributed by atoms with Crippen LogP contribution in [0.4, 0.5) is 9.59 Å². The Labute approximate surface area is 285 Å². The average Bonchev–Trinajstić information content (AvgIpc) is 3.07. The number of phenols is 2. The summed E-state index contributed by atoms with van der Waals surface area (Å²) in [6, 6.07) is 36.4. The lowest BCUT2D eigenvalue weighted by atomic mass is 10.2. The number of likely N-dealkylation sites (N-methyl/N-ethyl adjacent to an activating group) is 1. The summed E-state index contributed by atoms with van der Waals surface area (Å²) < 4.78 is 11.0. The van der Waals surface area contributed by atoms with Gasteiger partial charge in [0, 0.05) is 32.7 Å². The molecule has 0 radical (unpaired) electrons. The number of unbranched alkanes of at least 4 members (excludes halogenated alkanes) is 3. The number of amides is 2. The summed E-state index contributed by atoms with van der Waals surface area (Å²) in [4.78, 5) is 28.8. The Morgan fingerprint density at radius 3 is 1.67 bits per heavy atom. The van der Waals surface area contributed by atoms with E-state index in [0.717, 1.165) is 31.8 Å². The molecule has 9 heteroatoms. The van der Waals surface area contributed by atoms with Crippen molar-refractivity contribution in [1.29, 1.82) is 0 Å². The van der Waals surface area contributed by atoms with Gasteiger partial charge in [-0.05, 0) is 88.6 Å². The number of hydrogen-bond acceptors (Lipinski definition) is 6.